The number of hydrogen-bond donors (Lipinski definition) is 0. The predicted molar refractivity (Wildman–Crippen MR) is 68.9 cm³/mol. The van der Waals surface area contributed by atoms with E-state index >= 15 is 0 Å². The van der Waals surface area contributed by atoms with Crippen molar-refractivity contribution in [3.8, 4) is 11.8 Å². The van der Waals surface area contributed by atoms with Crippen LogP contribution in [0, 0.1) is 11.3 Å². The summed E-state index contributed by atoms with van der Waals surface area (Å²) in [6, 6.07) is 8.65. The lowest BCUT2D eigenvalue weighted by Gasteiger charge is -2.06. The van der Waals surface area contributed by atoms with Crippen LogP contribution in [0.2, 0.25) is 5.02 Å². The van der Waals surface area contributed by atoms with Gasteiger partial charge in [-0.2, -0.15) is 15.0 Å². The molecule has 0 amide bonds. The van der Waals surface area contributed by atoms with Gasteiger partial charge in [-0.25, -0.2) is 0 Å². The molecule has 18 heavy (non-hydrogen) atoms. The van der Waals surface area contributed by atoms with Gasteiger partial charge in [0.25, 0.3) is 5.56 Å². The Morgan fingerprint density at radius 1 is 1.39 bits per heavy atom. The molecule has 1 aromatic carbocycles. The summed E-state index contributed by atoms with van der Waals surface area (Å²) in [7, 11) is 0. The number of hydrogen-bond acceptors (Lipinski definition) is 3. The van der Waals surface area contributed by atoms with Crippen molar-refractivity contribution in [3.63, 3.8) is 0 Å². The van der Waals surface area contributed by atoms with Crippen molar-refractivity contribution in [2.24, 2.45) is 0 Å². The molecule has 0 atom stereocenters. The number of aromatic nitrogens is 2. The third-order valence-corrected chi connectivity index (χ3v) is 2.87. The van der Waals surface area contributed by atoms with Crippen LogP contribution in [0.5, 0.6) is 0 Å². The summed E-state index contributed by atoms with van der Waals surface area (Å²) >= 11 is 5.79. The Labute approximate surface area is 109 Å². The Bertz CT molecular complexity index is 668. The summed E-state index contributed by atoms with van der Waals surface area (Å²) in [5, 5.41) is 13.7. The average Bonchev–Trinajstić information content (AvgIpc) is 2.39. The molecule has 4 nitrogen and oxygen atoms in total. The molecule has 0 fully saturated rings. The molecule has 0 unspecified atom stereocenters. The van der Waals surface area contributed by atoms with E-state index < -0.39 is 5.56 Å². The second-order valence-corrected chi connectivity index (χ2v) is 4.14. The second-order valence-electron chi connectivity index (χ2n) is 3.70. The van der Waals surface area contributed by atoms with E-state index in [2.05, 4.69) is 5.10 Å². The van der Waals surface area contributed by atoms with E-state index in [4.69, 9.17) is 16.9 Å². The molecule has 90 valence electrons. The lowest BCUT2D eigenvalue weighted by atomic mass is 10.1. The van der Waals surface area contributed by atoms with Crippen LogP contribution in [0.1, 0.15) is 18.1 Å². The fourth-order valence-electron chi connectivity index (χ4n) is 1.64. The minimum absolute atomic E-state index is 0.141. The molecular weight excluding hydrogens is 250 g/mol. The summed E-state index contributed by atoms with van der Waals surface area (Å²) < 4.78 is 1.20. The van der Waals surface area contributed by atoms with E-state index in [0.29, 0.717) is 22.7 Å². The van der Waals surface area contributed by atoms with Gasteiger partial charge in [-0.3, -0.25) is 4.79 Å². The van der Waals surface area contributed by atoms with E-state index in [1.165, 1.54) is 4.68 Å². The van der Waals surface area contributed by atoms with Crippen LogP contribution in [-0.4, -0.2) is 9.78 Å². The van der Waals surface area contributed by atoms with Gasteiger partial charge in [-0.15, -0.1) is 0 Å². The molecule has 0 saturated carbocycles. The van der Waals surface area contributed by atoms with E-state index in [1.807, 2.05) is 13.0 Å². The third-order valence-electron chi connectivity index (χ3n) is 2.62. The van der Waals surface area contributed by atoms with Gasteiger partial charge in [0.2, 0.25) is 0 Å². The maximum Gasteiger partial charge on any atom is 0.289 e. The zero-order valence-corrected chi connectivity index (χ0v) is 10.5. The van der Waals surface area contributed by atoms with Crippen molar-refractivity contribution < 1.29 is 0 Å². The largest absolute Gasteiger partial charge is 0.289 e. The van der Waals surface area contributed by atoms with Gasteiger partial charge in [-0.1, -0.05) is 18.5 Å². The van der Waals surface area contributed by atoms with Crippen LogP contribution < -0.4 is 5.56 Å². The number of aryl methyl sites for hydroxylation is 1. The molecular formula is C13H10ClN3O. The molecule has 0 aliphatic carbocycles. The molecule has 1 aromatic heterocycles. The first-order valence-corrected chi connectivity index (χ1v) is 5.82. The van der Waals surface area contributed by atoms with Gasteiger partial charge in [0.15, 0.2) is 0 Å². The van der Waals surface area contributed by atoms with E-state index in [0.717, 1.165) is 0 Å². The first kappa shape index (κ1) is 12.3. The molecule has 0 saturated heterocycles. The summed E-state index contributed by atoms with van der Waals surface area (Å²) in [4.78, 5) is 12.1. The normalized spacial score (nSPS) is 10.1. The van der Waals surface area contributed by atoms with Gasteiger partial charge in [0.05, 0.1) is 11.9 Å². The van der Waals surface area contributed by atoms with Crippen molar-refractivity contribution >= 4 is 11.6 Å². The molecule has 5 heteroatoms. The highest BCUT2D eigenvalue weighted by molar-refractivity contribution is 6.30. The molecule has 2 rings (SSSR count). The van der Waals surface area contributed by atoms with Crippen molar-refractivity contribution in [1.29, 1.82) is 5.26 Å². The number of halogens is 1. The maximum atomic E-state index is 12.1. The van der Waals surface area contributed by atoms with Crippen LogP contribution in [0.3, 0.4) is 0 Å². The topological polar surface area (TPSA) is 58.7 Å². The van der Waals surface area contributed by atoms with Crippen molar-refractivity contribution in [2.45, 2.75) is 13.3 Å². The molecule has 1 heterocycles. The summed E-state index contributed by atoms with van der Waals surface area (Å²) in [5.74, 6) is 0. The molecule has 0 aliphatic heterocycles. The SMILES string of the molecule is CCc1cnn(-c2ccc(Cl)cc2)c(=O)c1C#N. The Morgan fingerprint density at radius 3 is 2.61 bits per heavy atom. The monoisotopic (exact) mass is 259 g/mol. The van der Waals surface area contributed by atoms with Gasteiger partial charge >= 0.3 is 0 Å². The quantitative estimate of drug-likeness (QED) is 0.832. The Balaban J connectivity index is 2.64. The lowest BCUT2D eigenvalue weighted by molar-refractivity contribution is 0.788. The first-order chi connectivity index (χ1) is 8.67. The van der Waals surface area contributed by atoms with E-state index in [1.54, 1.807) is 30.5 Å². The maximum absolute atomic E-state index is 12.1. The first-order valence-electron chi connectivity index (χ1n) is 5.44. The standard InChI is InChI=1S/C13H10ClN3O/c1-2-9-8-16-17(13(18)12(9)7-15)11-5-3-10(14)4-6-11/h3-6,8H,2H2,1H3. The number of rotatable bonds is 2. The summed E-state index contributed by atoms with van der Waals surface area (Å²) in [6.07, 6.45) is 2.15. The zero-order valence-electron chi connectivity index (χ0n) is 9.72. The fraction of sp³-hybridized carbons (Fsp3) is 0.154. The minimum atomic E-state index is -0.404. The van der Waals surface area contributed by atoms with Crippen LogP contribution in [-0.2, 0) is 6.42 Å². The summed E-state index contributed by atoms with van der Waals surface area (Å²) in [6.45, 7) is 1.88. The van der Waals surface area contributed by atoms with Crippen LogP contribution in [0.25, 0.3) is 5.69 Å². The second kappa shape index (κ2) is 5.03. The van der Waals surface area contributed by atoms with Crippen LogP contribution in [0.4, 0.5) is 0 Å². The molecule has 0 radical (unpaired) electrons. The highest BCUT2D eigenvalue weighted by Crippen LogP contribution is 2.12. The van der Waals surface area contributed by atoms with Gasteiger partial charge in [0, 0.05) is 5.02 Å². The molecule has 2 aromatic rings. The third kappa shape index (κ3) is 2.13. The van der Waals surface area contributed by atoms with Crippen molar-refractivity contribution in [1.82, 2.24) is 9.78 Å². The smallest absolute Gasteiger partial charge is 0.266 e. The number of nitrogens with zero attached hydrogens (tertiary/aromatic N) is 3. The Hall–Kier alpha value is -2.12. The number of nitriles is 1. The average molecular weight is 260 g/mol. The zero-order chi connectivity index (χ0) is 13.1. The highest BCUT2D eigenvalue weighted by Gasteiger charge is 2.10. The Kier molecular flexibility index (Phi) is 3.45. The number of benzene rings is 1. The molecule has 0 N–H and O–H groups in total. The van der Waals surface area contributed by atoms with Crippen molar-refractivity contribution in [3.05, 3.63) is 57.0 Å². The minimum Gasteiger partial charge on any atom is -0.266 e. The highest BCUT2D eigenvalue weighted by atomic mass is 35.5. The van der Waals surface area contributed by atoms with Crippen LogP contribution in [0.15, 0.2) is 35.3 Å². The van der Waals surface area contributed by atoms with Gasteiger partial charge < -0.3 is 0 Å². The molecule has 0 aliphatic rings. The van der Waals surface area contributed by atoms with E-state index in [-0.39, 0.29) is 5.56 Å². The van der Waals surface area contributed by atoms with Crippen LogP contribution >= 0.6 is 11.6 Å². The molecule has 0 bridgehead atoms. The predicted octanol–water partition coefficient (Wildman–Crippen LogP) is 2.32. The lowest BCUT2D eigenvalue weighted by Crippen LogP contribution is -2.25. The Morgan fingerprint density at radius 2 is 2.06 bits per heavy atom. The molecule has 0 spiro atoms. The van der Waals surface area contributed by atoms with Crippen molar-refractivity contribution in [2.75, 3.05) is 0 Å². The van der Waals surface area contributed by atoms with Gasteiger partial charge in [-0.05, 0) is 36.2 Å². The fourth-order valence-corrected chi connectivity index (χ4v) is 1.77. The van der Waals surface area contributed by atoms with Gasteiger partial charge in [0.1, 0.15) is 11.6 Å². The van der Waals surface area contributed by atoms with E-state index in [9.17, 15) is 4.79 Å². The summed E-state index contributed by atoms with van der Waals surface area (Å²) in [5.41, 5.74) is 0.984.